The number of fused-ring (bicyclic) bond motifs is 1. The monoisotopic (exact) mass is 354 g/mol. The zero-order valence-corrected chi connectivity index (χ0v) is 16.5. The predicted octanol–water partition coefficient (Wildman–Crippen LogP) is 3.00. The molecule has 0 saturated heterocycles. The van der Waals surface area contributed by atoms with Crippen LogP contribution in [0.2, 0.25) is 25.7 Å². The molecule has 3 saturated carbocycles. The number of hydrogen-bond donors (Lipinski definition) is 0. The van der Waals surface area contributed by atoms with E-state index in [0.717, 1.165) is 19.1 Å². The molecule has 0 heterocycles. The molecule has 0 unspecified atom stereocenters. The van der Waals surface area contributed by atoms with Crippen molar-refractivity contribution in [2.75, 3.05) is 13.4 Å². The highest BCUT2D eigenvalue weighted by Gasteiger charge is 2.82. The summed E-state index contributed by atoms with van der Waals surface area (Å²) in [5.41, 5.74) is -0.758. The number of ketones is 1. The summed E-state index contributed by atoms with van der Waals surface area (Å²) >= 11 is 0. The minimum Gasteiger partial charge on any atom is -0.458 e. The number of hydrogen-bond acceptors (Lipinski definition) is 5. The molecular formula is C18H30O5Si. The van der Waals surface area contributed by atoms with E-state index >= 15 is 0 Å². The lowest BCUT2D eigenvalue weighted by atomic mass is 9.73. The van der Waals surface area contributed by atoms with Gasteiger partial charge in [0, 0.05) is 45.3 Å². The van der Waals surface area contributed by atoms with Gasteiger partial charge in [0.1, 0.15) is 18.2 Å². The minimum absolute atomic E-state index is 0.00803. The number of rotatable bonds is 7. The molecule has 5 nitrogen and oxygen atoms in total. The van der Waals surface area contributed by atoms with Crippen LogP contribution in [0.3, 0.4) is 0 Å². The quantitative estimate of drug-likeness (QED) is 0.304. The Morgan fingerprint density at radius 2 is 2.04 bits per heavy atom. The van der Waals surface area contributed by atoms with Gasteiger partial charge in [-0.3, -0.25) is 9.59 Å². The normalized spacial score (nSPS) is 40.4. The maximum Gasteiger partial charge on any atom is 0.303 e. The molecule has 0 aromatic rings. The lowest BCUT2D eigenvalue weighted by Gasteiger charge is -2.41. The number of Topliss-reactive ketones (excluding diaryl/α,β-unsaturated/α-hetero) is 1. The Hall–Kier alpha value is -0.723. The van der Waals surface area contributed by atoms with E-state index in [1.54, 1.807) is 0 Å². The summed E-state index contributed by atoms with van der Waals surface area (Å²) in [6, 6.07) is 1.12. The van der Waals surface area contributed by atoms with Gasteiger partial charge in [-0.15, -0.1) is 0 Å². The highest BCUT2D eigenvalue weighted by atomic mass is 28.3. The molecule has 0 aliphatic heterocycles. The summed E-state index contributed by atoms with van der Waals surface area (Å²) in [7, 11) is -1.09. The second kappa shape index (κ2) is 5.92. The van der Waals surface area contributed by atoms with Crippen molar-refractivity contribution in [1.29, 1.82) is 0 Å². The molecule has 0 spiro atoms. The maximum atomic E-state index is 12.4. The van der Waals surface area contributed by atoms with Crippen LogP contribution in [0.5, 0.6) is 0 Å². The minimum atomic E-state index is -1.09. The van der Waals surface area contributed by atoms with Gasteiger partial charge in [0.25, 0.3) is 0 Å². The molecule has 3 rings (SSSR count). The van der Waals surface area contributed by atoms with Gasteiger partial charge in [-0.25, -0.2) is 0 Å². The Morgan fingerprint density at radius 1 is 1.33 bits per heavy atom. The Labute approximate surface area is 145 Å². The molecule has 0 N–H and O–H groups in total. The predicted molar refractivity (Wildman–Crippen MR) is 92.3 cm³/mol. The second-order valence-electron chi connectivity index (χ2n) is 9.15. The largest absolute Gasteiger partial charge is 0.458 e. The van der Waals surface area contributed by atoms with Gasteiger partial charge in [0.2, 0.25) is 0 Å². The summed E-state index contributed by atoms with van der Waals surface area (Å²) in [4.78, 5) is 23.9. The molecular weight excluding hydrogens is 324 g/mol. The Kier molecular flexibility index (Phi) is 4.46. The standard InChI is InChI=1S/C18H30O5Si/c1-12(19)23-18-7-6-14(22-11-21-8-9-24(3,4)5)17(2)15(16(17)18)13(20)10-18/h14-16H,6-11H2,1-5H3/t14-,15+,16-,17+,18+/m1/s1. The fourth-order valence-corrected chi connectivity index (χ4v) is 5.81. The van der Waals surface area contributed by atoms with Crippen LogP contribution in [-0.2, 0) is 23.8 Å². The zero-order chi connectivity index (χ0) is 17.8. The van der Waals surface area contributed by atoms with Crippen LogP contribution in [0.15, 0.2) is 0 Å². The van der Waals surface area contributed by atoms with Crippen molar-refractivity contribution in [1.82, 2.24) is 0 Å². The van der Waals surface area contributed by atoms with Gasteiger partial charge in [0.15, 0.2) is 0 Å². The molecule has 6 heteroatoms. The van der Waals surface area contributed by atoms with E-state index in [9.17, 15) is 9.59 Å². The van der Waals surface area contributed by atoms with Crippen LogP contribution in [0, 0.1) is 17.3 Å². The highest BCUT2D eigenvalue weighted by molar-refractivity contribution is 6.76. The lowest BCUT2D eigenvalue weighted by Crippen LogP contribution is -2.47. The van der Waals surface area contributed by atoms with E-state index in [1.165, 1.54) is 6.92 Å². The number of esters is 1. The van der Waals surface area contributed by atoms with Gasteiger partial charge in [-0.1, -0.05) is 26.6 Å². The SMILES string of the molecule is CC(=O)O[C@@]12CC[C@@H](OCOCC[Si](C)(C)C)[C@@]3(C)[C@@H](C(=O)C1)[C@@H]23. The van der Waals surface area contributed by atoms with Gasteiger partial charge in [0.05, 0.1) is 6.10 Å². The van der Waals surface area contributed by atoms with Crippen molar-refractivity contribution < 1.29 is 23.8 Å². The van der Waals surface area contributed by atoms with Crippen molar-refractivity contribution in [3.8, 4) is 0 Å². The summed E-state index contributed by atoms with van der Waals surface area (Å²) in [5, 5.41) is 0. The topological polar surface area (TPSA) is 61.8 Å². The van der Waals surface area contributed by atoms with E-state index in [0.29, 0.717) is 19.6 Å². The maximum absolute atomic E-state index is 12.4. The Balaban J connectivity index is 1.56. The first-order valence-corrected chi connectivity index (χ1v) is 12.7. The van der Waals surface area contributed by atoms with Crippen LogP contribution in [-0.4, -0.2) is 44.9 Å². The summed E-state index contributed by atoms with van der Waals surface area (Å²) in [6.07, 6.45) is 1.94. The fourth-order valence-electron chi connectivity index (χ4n) is 5.05. The molecule has 0 aromatic heterocycles. The summed E-state index contributed by atoms with van der Waals surface area (Å²) in [5.74, 6) is 0.0666. The van der Waals surface area contributed by atoms with Crippen molar-refractivity contribution in [3.05, 3.63) is 0 Å². The first-order valence-electron chi connectivity index (χ1n) is 9.02. The molecule has 3 fully saturated rings. The molecule has 0 aromatic carbocycles. The first kappa shape index (κ1) is 18.1. The van der Waals surface area contributed by atoms with Crippen molar-refractivity contribution in [2.24, 2.45) is 17.3 Å². The third-order valence-corrected chi connectivity index (χ3v) is 7.88. The van der Waals surface area contributed by atoms with Gasteiger partial charge in [-0.2, -0.15) is 0 Å². The second-order valence-corrected chi connectivity index (χ2v) is 14.8. The number of carbonyl (C=O) groups excluding carboxylic acids is 2. The molecule has 24 heavy (non-hydrogen) atoms. The van der Waals surface area contributed by atoms with Gasteiger partial charge in [-0.05, 0) is 18.9 Å². The third kappa shape index (κ3) is 2.97. The van der Waals surface area contributed by atoms with Crippen LogP contribution >= 0.6 is 0 Å². The molecule has 0 radical (unpaired) electrons. The first-order chi connectivity index (χ1) is 11.1. The fraction of sp³-hybridized carbons (Fsp3) is 0.889. The van der Waals surface area contributed by atoms with E-state index in [-0.39, 0.29) is 35.1 Å². The zero-order valence-electron chi connectivity index (χ0n) is 15.5. The van der Waals surface area contributed by atoms with Crippen molar-refractivity contribution >= 4 is 19.8 Å². The van der Waals surface area contributed by atoms with Crippen LogP contribution in [0.4, 0.5) is 0 Å². The van der Waals surface area contributed by atoms with Crippen molar-refractivity contribution in [2.45, 2.75) is 70.5 Å². The Bertz CT molecular complexity index is 542. The van der Waals surface area contributed by atoms with E-state index < -0.39 is 13.7 Å². The average Bonchev–Trinajstić information content (AvgIpc) is 2.96. The molecule has 0 bridgehead atoms. The number of carbonyl (C=O) groups is 2. The van der Waals surface area contributed by atoms with Gasteiger partial charge < -0.3 is 14.2 Å². The molecule has 0 amide bonds. The molecule has 3 aliphatic carbocycles. The highest BCUT2D eigenvalue weighted by Crippen LogP contribution is 2.75. The summed E-state index contributed by atoms with van der Waals surface area (Å²) in [6.45, 7) is 11.5. The van der Waals surface area contributed by atoms with E-state index in [1.807, 2.05) is 0 Å². The Morgan fingerprint density at radius 3 is 2.67 bits per heavy atom. The van der Waals surface area contributed by atoms with Crippen LogP contribution < -0.4 is 0 Å². The lowest BCUT2D eigenvalue weighted by molar-refractivity contribution is -0.178. The van der Waals surface area contributed by atoms with Crippen molar-refractivity contribution in [3.63, 3.8) is 0 Å². The number of ether oxygens (including phenoxy) is 3. The van der Waals surface area contributed by atoms with Gasteiger partial charge >= 0.3 is 5.97 Å². The van der Waals surface area contributed by atoms with Crippen LogP contribution in [0.25, 0.3) is 0 Å². The smallest absolute Gasteiger partial charge is 0.303 e. The molecule has 5 atom stereocenters. The third-order valence-electron chi connectivity index (χ3n) is 6.17. The van der Waals surface area contributed by atoms with Crippen LogP contribution in [0.1, 0.15) is 33.1 Å². The summed E-state index contributed by atoms with van der Waals surface area (Å²) < 4.78 is 17.3. The average molecular weight is 355 g/mol. The van der Waals surface area contributed by atoms with E-state index in [4.69, 9.17) is 14.2 Å². The van der Waals surface area contributed by atoms with E-state index in [2.05, 4.69) is 26.6 Å². The molecule has 3 aliphatic rings. The molecule has 136 valence electrons.